The zero-order valence-corrected chi connectivity index (χ0v) is 13.8. The molecule has 1 aliphatic rings. The molecule has 7 nitrogen and oxygen atoms in total. The number of hydrogen-bond acceptors (Lipinski definition) is 6. The van der Waals surface area contributed by atoms with E-state index in [-0.39, 0.29) is 0 Å². The predicted molar refractivity (Wildman–Crippen MR) is 93.9 cm³/mol. The number of carboxylic acids is 1. The summed E-state index contributed by atoms with van der Waals surface area (Å²) in [4.78, 5) is 24.6. The van der Waals surface area contributed by atoms with Crippen molar-refractivity contribution < 1.29 is 9.90 Å². The van der Waals surface area contributed by atoms with E-state index in [0.29, 0.717) is 12.4 Å². The van der Waals surface area contributed by atoms with Crippen LogP contribution in [0, 0.1) is 0 Å². The number of hydrogen-bond donors (Lipinski definition) is 2. The highest BCUT2D eigenvalue weighted by Gasteiger charge is 2.17. The van der Waals surface area contributed by atoms with Gasteiger partial charge < -0.3 is 15.0 Å². The number of anilines is 2. The van der Waals surface area contributed by atoms with Crippen molar-refractivity contribution in [1.29, 1.82) is 0 Å². The lowest BCUT2D eigenvalue weighted by Gasteiger charge is -2.19. The van der Waals surface area contributed by atoms with Gasteiger partial charge in [-0.3, -0.25) is 0 Å². The van der Waals surface area contributed by atoms with Crippen LogP contribution in [0.2, 0.25) is 0 Å². The van der Waals surface area contributed by atoms with E-state index in [1.54, 1.807) is 30.4 Å². The molecule has 0 saturated carbocycles. The van der Waals surface area contributed by atoms with Gasteiger partial charge in [-0.15, -0.1) is 0 Å². The van der Waals surface area contributed by atoms with Gasteiger partial charge in [-0.25, -0.2) is 19.7 Å². The molecular weight excluding hydrogens is 338 g/mol. The zero-order chi connectivity index (χ0) is 17.2. The molecule has 0 aliphatic carbocycles. The van der Waals surface area contributed by atoms with Gasteiger partial charge in [0.1, 0.15) is 10.9 Å². The molecule has 0 amide bonds. The van der Waals surface area contributed by atoms with Crippen LogP contribution in [0.4, 0.5) is 11.5 Å². The van der Waals surface area contributed by atoms with E-state index < -0.39 is 5.97 Å². The molecule has 0 atom stereocenters. The second-order valence-electron chi connectivity index (χ2n) is 5.35. The molecule has 2 N–H and O–H groups in total. The Morgan fingerprint density at radius 2 is 2.12 bits per heavy atom. The second kappa shape index (κ2) is 6.40. The summed E-state index contributed by atoms with van der Waals surface area (Å²) in [5, 5.41) is 12.9. The Morgan fingerprint density at radius 3 is 3.00 bits per heavy atom. The molecule has 0 saturated heterocycles. The fourth-order valence-corrected chi connectivity index (χ4v) is 3.41. The summed E-state index contributed by atoms with van der Waals surface area (Å²) in [6, 6.07) is 6.15. The first-order valence-electron chi connectivity index (χ1n) is 7.50. The third-order valence-corrected chi connectivity index (χ3v) is 4.71. The van der Waals surface area contributed by atoms with Crippen molar-refractivity contribution in [2.75, 3.05) is 5.32 Å². The van der Waals surface area contributed by atoms with Crippen molar-refractivity contribution in [2.45, 2.75) is 16.5 Å². The molecule has 0 radical (unpaired) electrons. The number of carbonyl (C=O) groups is 1. The van der Waals surface area contributed by atoms with Gasteiger partial charge in [0, 0.05) is 42.3 Å². The van der Waals surface area contributed by atoms with Gasteiger partial charge >= 0.3 is 5.97 Å². The summed E-state index contributed by atoms with van der Waals surface area (Å²) in [6.45, 7) is 0.590. The molecule has 1 aliphatic heterocycles. The molecule has 2 aromatic heterocycles. The summed E-state index contributed by atoms with van der Waals surface area (Å²) < 4.78 is 1.89. The monoisotopic (exact) mass is 351 g/mol. The lowest BCUT2D eigenvalue weighted by Crippen LogP contribution is -2.06. The minimum Gasteiger partial charge on any atom is -0.478 e. The predicted octanol–water partition coefficient (Wildman–Crippen LogP) is 3.03. The first-order valence-corrected chi connectivity index (χ1v) is 8.31. The molecule has 0 spiro atoms. The van der Waals surface area contributed by atoms with Crippen LogP contribution in [0.1, 0.15) is 11.4 Å². The van der Waals surface area contributed by atoms with Gasteiger partial charge in [0.2, 0.25) is 0 Å². The molecule has 0 fully saturated rings. The van der Waals surface area contributed by atoms with E-state index >= 15 is 0 Å². The SMILES string of the molecule is O=C(O)/C=C/c1nccn1Cc1ccc2c(c1)Nc1nccnc1S2. The topological polar surface area (TPSA) is 92.9 Å². The molecule has 3 heterocycles. The molecule has 0 bridgehead atoms. The highest BCUT2D eigenvalue weighted by Crippen LogP contribution is 2.42. The molecule has 0 unspecified atom stereocenters. The van der Waals surface area contributed by atoms with Gasteiger partial charge in [-0.2, -0.15) is 0 Å². The Bertz CT molecular complexity index is 983. The molecule has 3 aromatic rings. The fraction of sp³-hybridized carbons (Fsp3) is 0.0588. The van der Waals surface area contributed by atoms with Crippen molar-refractivity contribution in [1.82, 2.24) is 19.5 Å². The van der Waals surface area contributed by atoms with Gasteiger partial charge in [0.05, 0.1) is 5.69 Å². The minimum atomic E-state index is -0.996. The van der Waals surface area contributed by atoms with E-state index in [9.17, 15) is 4.79 Å². The Balaban J connectivity index is 1.58. The van der Waals surface area contributed by atoms with E-state index in [1.807, 2.05) is 22.9 Å². The molecule has 4 rings (SSSR count). The number of aliphatic carboxylic acids is 1. The van der Waals surface area contributed by atoms with Crippen molar-refractivity contribution in [3.63, 3.8) is 0 Å². The lowest BCUT2D eigenvalue weighted by molar-refractivity contribution is -0.131. The van der Waals surface area contributed by atoms with E-state index in [1.165, 1.54) is 6.08 Å². The highest BCUT2D eigenvalue weighted by molar-refractivity contribution is 7.99. The number of carboxylic acid groups (broad SMARTS) is 1. The summed E-state index contributed by atoms with van der Waals surface area (Å²) in [7, 11) is 0. The Hall–Kier alpha value is -3.13. The molecule has 8 heteroatoms. The molecule has 124 valence electrons. The summed E-state index contributed by atoms with van der Waals surface area (Å²) >= 11 is 1.58. The number of aromatic nitrogens is 4. The standard InChI is InChI=1S/C17H13N5O2S/c23-15(24)4-3-14-18-7-8-22(14)10-11-1-2-13-12(9-11)21-16-17(25-13)20-6-5-19-16/h1-9H,10H2,(H,19,21)(H,23,24)/b4-3+. The van der Waals surface area contributed by atoms with Crippen LogP contribution >= 0.6 is 11.8 Å². The number of fused-ring (bicyclic) bond motifs is 2. The van der Waals surface area contributed by atoms with Crippen molar-refractivity contribution in [3.8, 4) is 0 Å². The van der Waals surface area contributed by atoms with Gasteiger partial charge in [-0.05, 0) is 23.8 Å². The Morgan fingerprint density at radius 1 is 1.24 bits per heavy atom. The van der Waals surface area contributed by atoms with Gasteiger partial charge in [-0.1, -0.05) is 17.8 Å². The van der Waals surface area contributed by atoms with Crippen LogP contribution in [0.3, 0.4) is 0 Å². The van der Waals surface area contributed by atoms with E-state index in [2.05, 4.69) is 26.3 Å². The Labute approximate surface area is 147 Å². The van der Waals surface area contributed by atoms with E-state index in [0.717, 1.165) is 33.1 Å². The largest absolute Gasteiger partial charge is 0.478 e. The third kappa shape index (κ3) is 3.24. The molecular formula is C17H13N5O2S. The summed E-state index contributed by atoms with van der Waals surface area (Å²) in [5.74, 6) is 0.354. The van der Waals surface area contributed by atoms with Crippen LogP contribution in [0.25, 0.3) is 6.08 Å². The van der Waals surface area contributed by atoms with Crippen LogP contribution < -0.4 is 5.32 Å². The number of benzene rings is 1. The summed E-state index contributed by atoms with van der Waals surface area (Å²) in [5.41, 5.74) is 2.06. The van der Waals surface area contributed by atoms with E-state index in [4.69, 9.17) is 5.11 Å². The van der Waals surface area contributed by atoms with Crippen LogP contribution in [0.5, 0.6) is 0 Å². The average molecular weight is 351 g/mol. The highest BCUT2D eigenvalue weighted by atomic mass is 32.2. The first-order chi connectivity index (χ1) is 12.2. The van der Waals surface area contributed by atoms with Crippen LogP contribution in [-0.4, -0.2) is 30.6 Å². The lowest BCUT2D eigenvalue weighted by atomic mass is 10.2. The maximum atomic E-state index is 10.7. The normalized spacial score (nSPS) is 12.5. The first kappa shape index (κ1) is 15.4. The van der Waals surface area contributed by atoms with Crippen molar-refractivity contribution in [3.05, 3.63) is 60.5 Å². The minimum absolute atomic E-state index is 0.590. The smallest absolute Gasteiger partial charge is 0.328 e. The third-order valence-electron chi connectivity index (χ3n) is 3.64. The fourth-order valence-electron chi connectivity index (χ4n) is 2.54. The quantitative estimate of drug-likeness (QED) is 0.546. The molecule has 25 heavy (non-hydrogen) atoms. The number of nitrogens with zero attached hydrogens (tertiary/aromatic N) is 4. The summed E-state index contributed by atoms with van der Waals surface area (Å²) in [6.07, 6.45) is 9.38. The van der Waals surface area contributed by atoms with Crippen LogP contribution in [0.15, 0.2) is 59.0 Å². The zero-order valence-electron chi connectivity index (χ0n) is 13.0. The molecule has 1 aromatic carbocycles. The number of nitrogens with one attached hydrogen (secondary N) is 1. The Kier molecular flexibility index (Phi) is 3.95. The average Bonchev–Trinajstić information content (AvgIpc) is 3.05. The number of imidazole rings is 1. The maximum absolute atomic E-state index is 10.7. The number of rotatable bonds is 4. The van der Waals surface area contributed by atoms with Crippen molar-refractivity contribution in [2.24, 2.45) is 0 Å². The van der Waals surface area contributed by atoms with Gasteiger partial charge in [0.15, 0.2) is 5.82 Å². The second-order valence-corrected chi connectivity index (χ2v) is 6.38. The van der Waals surface area contributed by atoms with Crippen LogP contribution in [-0.2, 0) is 11.3 Å². The maximum Gasteiger partial charge on any atom is 0.328 e. The van der Waals surface area contributed by atoms with Gasteiger partial charge in [0.25, 0.3) is 0 Å². The van der Waals surface area contributed by atoms with Crippen molar-refractivity contribution >= 4 is 35.3 Å².